The van der Waals surface area contributed by atoms with E-state index in [-0.39, 0.29) is 0 Å². The molecular formula is C9H16O. The highest BCUT2D eigenvalue weighted by Gasteiger charge is 2.08. The highest BCUT2D eigenvalue weighted by atomic mass is 16.1. The van der Waals surface area contributed by atoms with E-state index in [0.717, 1.165) is 32.0 Å². The minimum atomic E-state index is -0.736. The standard InChI is InChI=1S/C9H16O/c10-8-9-6-4-2-1-3-5-7-9/h8-9H,1-7H2/i9D. The number of hydrogen-bond donors (Lipinski definition) is 0. The lowest BCUT2D eigenvalue weighted by atomic mass is 9.92. The molecule has 0 radical (unpaired) electrons. The quantitative estimate of drug-likeness (QED) is 0.513. The van der Waals surface area contributed by atoms with Crippen molar-refractivity contribution in [2.75, 3.05) is 0 Å². The summed E-state index contributed by atoms with van der Waals surface area (Å²) in [6, 6.07) is 0. The van der Waals surface area contributed by atoms with Crippen LogP contribution in [0.25, 0.3) is 0 Å². The molecule has 0 heterocycles. The van der Waals surface area contributed by atoms with Crippen LogP contribution in [0.5, 0.6) is 0 Å². The molecule has 58 valence electrons. The maximum absolute atomic E-state index is 10.6. The third-order valence-corrected chi connectivity index (χ3v) is 2.16. The molecule has 0 aromatic heterocycles. The fourth-order valence-corrected chi connectivity index (χ4v) is 1.48. The molecule has 0 amide bonds. The van der Waals surface area contributed by atoms with E-state index in [9.17, 15) is 4.79 Å². The monoisotopic (exact) mass is 141 g/mol. The second kappa shape index (κ2) is 4.48. The molecule has 1 fully saturated rings. The van der Waals surface area contributed by atoms with Crippen LogP contribution in [0, 0.1) is 5.89 Å². The molecule has 1 rings (SSSR count). The second-order valence-corrected chi connectivity index (χ2v) is 3.04. The first-order valence-electron chi connectivity index (χ1n) is 4.73. The van der Waals surface area contributed by atoms with Gasteiger partial charge < -0.3 is 4.79 Å². The van der Waals surface area contributed by atoms with Gasteiger partial charge >= 0.3 is 0 Å². The molecular weight excluding hydrogens is 124 g/mol. The summed E-state index contributed by atoms with van der Waals surface area (Å²) in [7, 11) is 0. The van der Waals surface area contributed by atoms with Crippen molar-refractivity contribution in [3.8, 4) is 0 Å². The summed E-state index contributed by atoms with van der Waals surface area (Å²) in [5, 5.41) is 0. The maximum Gasteiger partial charge on any atom is 0.123 e. The van der Waals surface area contributed by atoms with Gasteiger partial charge in [-0.25, -0.2) is 0 Å². The number of carbonyl (C=O) groups excluding carboxylic acids is 1. The first-order valence-corrected chi connectivity index (χ1v) is 4.23. The summed E-state index contributed by atoms with van der Waals surface area (Å²) in [6.45, 7) is 0. The van der Waals surface area contributed by atoms with E-state index in [2.05, 4.69) is 0 Å². The molecule has 0 N–H and O–H groups in total. The van der Waals surface area contributed by atoms with Gasteiger partial charge in [0.15, 0.2) is 0 Å². The van der Waals surface area contributed by atoms with Gasteiger partial charge in [-0.15, -0.1) is 0 Å². The van der Waals surface area contributed by atoms with Crippen LogP contribution in [-0.2, 0) is 4.79 Å². The second-order valence-electron chi connectivity index (χ2n) is 3.04. The molecule has 0 aromatic rings. The van der Waals surface area contributed by atoms with Crippen LogP contribution >= 0.6 is 0 Å². The zero-order valence-electron chi connectivity index (χ0n) is 7.44. The molecule has 10 heavy (non-hydrogen) atoms. The van der Waals surface area contributed by atoms with Crippen LogP contribution in [0.15, 0.2) is 0 Å². The Hall–Kier alpha value is -0.330. The van der Waals surface area contributed by atoms with Gasteiger partial charge in [-0.3, -0.25) is 0 Å². The van der Waals surface area contributed by atoms with Crippen molar-refractivity contribution in [2.24, 2.45) is 5.89 Å². The van der Waals surface area contributed by atoms with Gasteiger partial charge in [-0.2, -0.15) is 0 Å². The van der Waals surface area contributed by atoms with E-state index >= 15 is 0 Å². The highest BCUT2D eigenvalue weighted by molar-refractivity contribution is 5.53. The van der Waals surface area contributed by atoms with Crippen LogP contribution in [0.2, 0.25) is 0 Å². The molecule has 0 aromatic carbocycles. The molecule has 0 aliphatic heterocycles. The van der Waals surface area contributed by atoms with Gasteiger partial charge in [-0.1, -0.05) is 32.1 Å². The van der Waals surface area contributed by atoms with Gasteiger partial charge in [-0.05, 0) is 12.8 Å². The number of hydrogen-bond acceptors (Lipinski definition) is 1. The molecule has 0 atom stereocenters. The normalized spacial score (nSPS) is 27.8. The van der Waals surface area contributed by atoms with Gasteiger partial charge in [0, 0.05) is 7.26 Å². The van der Waals surface area contributed by atoms with Crippen molar-refractivity contribution in [2.45, 2.75) is 44.9 Å². The van der Waals surface area contributed by atoms with Crippen molar-refractivity contribution in [1.29, 1.82) is 0 Å². The minimum absolute atomic E-state index is 0.736. The molecule has 1 aliphatic carbocycles. The van der Waals surface area contributed by atoms with Crippen LogP contribution in [0.4, 0.5) is 0 Å². The Balaban J connectivity index is 2.43. The summed E-state index contributed by atoms with van der Waals surface area (Å²) in [6.07, 6.45) is 8.19. The highest BCUT2D eigenvalue weighted by Crippen LogP contribution is 2.20. The third-order valence-electron chi connectivity index (χ3n) is 2.16. The molecule has 1 heteroatoms. The predicted octanol–water partition coefficient (Wildman–Crippen LogP) is 2.55. The van der Waals surface area contributed by atoms with Crippen molar-refractivity contribution >= 4 is 6.29 Å². The van der Waals surface area contributed by atoms with E-state index in [1.165, 1.54) is 19.3 Å². The average Bonchev–Trinajstić information content (AvgIpc) is 1.98. The number of carbonyl (C=O) groups is 1. The van der Waals surface area contributed by atoms with Crippen molar-refractivity contribution in [3.05, 3.63) is 0 Å². The Labute approximate surface area is 64.2 Å². The van der Waals surface area contributed by atoms with E-state index in [1.807, 2.05) is 0 Å². The Bertz CT molecular complexity index is 126. The van der Waals surface area contributed by atoms with Crippen LogP contribution in [0.3, 0.4) is 0 Å². The smallest absolute Gasteiger partial charge is 0.123 e. The molecule has 0 unspecified atom stereocenters. The number of aldehydes is 1. The van der Waals surface area contributed by atoms with Gasteiger partial charge in [0.05, 0.1) is 0 Å². The van der Waals surface area contributed by atoms with Gasteiger partial charge in [0.25, 0.3) is 0 Å². The Kier molecular flexibility index (Phi) is 2.86. The summed E-state index contributed by atoms with van der Waals surface area (Å²) < 4.78 is 7.74. The number of rotatable bonds is 1. The Morgan fingerprint density at radius 1 is 1.10 bits per heavy atom. The molecule has 1 aliphatic rings. The van der Waals surface area contributed by atoms with Crippen molar-refractivity contribution in [1.82, 2.24) is 0 Å². The SMILES string of the molecule is [2H]C1(C=O)CCCCCCC1. The molecule has 1 saturated carbocycles. The lowest BCUT2D eigenvalue weighted by Crippen LogP contribution is -2.04. The summed E-state index contributed by atoms with van der Waals surface area (Å²) in [5.74, 6) is -0.736. The van der Waals surface area contributed by atoms with E-state index in [4.69, 9.17) is 1.37 Å². The third kappa shape index (κ3) is 2.51. The van der Waals surface area contributed by atoms with Crippen LogP contribution in [-0.4, -0.2) is 6.29 Å². The van der Waals surface area contributed by atoms with Gasteiger partial charge in [0.1, 0.15) is 6.29 Å². The first-order chi connectivity index (χ1) is 5.27. The Morgan fingerprint density at radius 2 is 1.60 bits per heavy atom. The van der Waals surface area contributed by atoms with Crippen LogP contribution in [0.1, 0.15) is 46.3 Å². The van der Waals surface area contributed by atoms with Crippen LogP contribution < -0.4 is 0 Å². The van der Waals surface area contributed by atoms with Crippen molar-refractivity contribution in [3.63, 3.8) is 0 Å². The fourth-order valence-electron chi connectivity index (χ4n) is 1.48. The lowest BCUT2D eigenvalue weighted by molar-refractivity contribution is -0.111. The topological polar surface area (TPSA) is 17.1 Å². The first kappa shape index (κ1) is 6.38. The zero-order chi connectivity index (χ0) is 8.16. The molecule has 0 bridgehead atoms. The summed E-state index contributed by atoms with van der Waals surface area (Å²) in [5.41, 5.74) is 0. The van der Waals surface area contributed by atoms with E-state index < -0.39 is 5.89 Å². The van der Waals surface area contributed by atoms with Gasteiger partial charge in [0.2, 0.25) is 0 Å². The largest absolute Gasteiger partial charge is 0.303 e. The average molecular weight is 141 g/mol. The van der Waals surface area contributed by atoms with E-state index in [1.54, 1.807) is 0 Å². The zero-order valence-corrected chi connectivity index (χ0v) is 6.44. The predicted molar refractivity (Wildman–Crippen MR) is 41.9 cm³/mol. The molecule has 0 spiro atoms. The van der Waals surface area contributed by atoms with Crippen molar-refractivity contribution < 1.29 is 6.17 Å². The summed E-state index contributed by atoms with van der Waals surface area (Å²) in [4.78, 5) is 10.6. The molecule has 0 saturated heterocycles. The summed E-state index contributed by atoms with van der Waals surface area (Å²) >= 11 is 0. The molecule has 1 nitrogen and oxygen atoms in total. The van der Waals surface area contributed by atoms with E-state index in [0.29, 0.717) is 0 Å². The fraction of sp³-hybridized carbons (Fsp3) is 0.889. The lowest BCUT2D eigenvalue weighted by Gasteiger charge is -2.12. The maximum atomic E-state index is 10.6. The minimum Gasteiger partial charge on any atom is -0.303 e. The Morgan fingerprint density at radius 3 is 2.10 bits per heavy atom.